The lowest BCUT2D eigenvalue weighted by Gasteiger charge is -2.42. The molecular weight excluding hydrogens is 325 g/mol. The molecule has 0 bridgehead atoms. The second-order valence-electron chi connectivity index (χ2n) is 5.43. The first-order valence-electron chi connectivity index (χ1n) is 6.57. The van der Waals surface area contributed by atoms with Gasteiger partial charge in [-0.3, -0.25) is 9.69 Å². The van der Waals surface area contributed by atoms with Gasteiger partial charge in [0.1, 0.15) is 5.82 Å². The zero-order valence-corrected chi connectivity index (χ0v) is 13.4. The highest BCUT2D eigenvalue weighted by Gasteiger charge is 2.30. The highest BCUT2D eigenvalue weighted by molar-refractivity contribution is 9.10. The number of nitrogens with zero attached hydrogens (tertiary/aromatic N) is 2. The van der Waals surface area contributed by atoms with E-state index in [4.69, 9.17) is 5.73 Å². The minimum atomic E-state index is -0.520. The van der Waals surface area contributed by atoms with Crippen LogP contribution >= 0.6 is 15.9 Å². The molecule has 2 N–H and O–H groups in total. The van der Waals surface area contributed by atoms with E-state index in [1.54, 1.807) is 4.90 Å². The zero-order valence-electron chi connectivity index (χ0n) is 11.9. The van der Waals surface area contributed by atoms with E-state index in [9.17, 15) is 9.18 Å². The number of likely N-dealkylation sites (N-methyl/N-ethyl adjacent to an activating group) is 1. The summed E-state index contributed by atoms with van der Waals surface area (Å²) in [5.41, 5.74) is 5.96. The molecule has 1 aliphatic heterocycles. The van der Waals surface area contributed by atoms with Crippen LogP contribution in [0.4, 0.5) is 10.1 Å². The van der Waals surface area contributed by atoms with Gasteiger partial charge in [-0.1, -0.05) is 0 Å². The van der Waals surface area contributed by atoms with E-state index < -0.39 is 5.82 Å². The fraction of sp³-hybridized carbons (Fsp3) is 0.500. The molecule has 1 aromatic rings. The minimum Gasteiger partial charge on any atom is -0.396 e. The lowest BCUT2D eigenvalue weighted by molar-refractivity contribution is 0.0413. The molecule has 0 saturated carbocycles. The summed E-state index contributed by atoms with van der Waals surface area (Å²) in [5, 5.41) is 0. The molecular formula is C14H19BrFN3O. The smallest absolute Gasteiger partial charge is 0.255 e. The molecule has 1 heterocycles. The van der Waals surface area contributed by atoms with Crippen LogP contribution in [-0.2, 0) is 0 Å². The van der Waals surface area contributed by atoms with Crippen LogP contribution in [0.5, 0.6) is 0 Å². The molecule has 2 unspecified atom stereocenters. The Morgan fingerprint density at radius 1 is 1.35 bits per heavy atom. The van der Waals surface area contributed by atoms with Gasteiger partial charge in [0.05, 0.1) is 11.3 Å². The number of rotatable bonds is 1. The second kappa shape index (κ2) is 5.69. The van der Waals surface area contributed by atoms with E-state index in [1.807, 2.05) is 0 Å². The second-order valence-corrected chi connectivity index (χ2v) is 6.28. The van der Waals surface area contributed by atoms with Crippen molar-refractivity contribution in [1.29, 1.82) is 0 Å². The number of nitrogen functional groups attached to an aromatic ring is 1. The van der Waals surface area contributed by atoms with Crippen molar-refractivity contribution in [1.82, 2.24) is 9.80 Å². The molecule has 0 aromatic heterocycles. The predicted molar refractivity (Wildman–Crippen MR) is 81.1 cm³/mol. The van der Waals surface area contributed by atoms with Crippen molar-refractivity contribution in [3.05, 3.63) is 28.0 Å². The normalized spacial score (nSPS) is 23.9. The highest BCUT2D eigenvalue weighted by Crippen LogP contribution is 2.25. The molecule has 1 aromatic carbocycles. The number of halogens is 2. The van der Waals surface area contributed by atoms with Gasteiger partial charge >= 0.3 is 0 Å². The van der Waals surface area contributed by atoms with E-state index in [0.29, 0.717) is 35.2 Å². The van der Waals surface area contributed by atoms with Gasteiger partial charge in [0, 0.05) is 29.6 Å². The van der Waals surface area contributed by atoms with Crippen LogP contribution in [-0.4, -0.2) is 47.9 Å². The number of carbonyl (C=O) groups is 1. The fourth-order valence-electron chi connectivity index (χ4n) is 2.47. The number of nitrogens with two attached hydrogens (primary N) is 1. The number of anilines is 1. The number of carbonyl (C=O) groups excluding carboxylic acids is 1. The average Bonchev–Trinajstić information content (AvgIpc) is 2.38. The van der Waals surface area contributed by atoms with E-state index >= 15 is 0 Å². The van der Waals surface area contributed by atoms with Crippen LogP contribution in [0.1, 0.15) is 24.2 Å². The van der Waals surface area contributed by atoms with Crippen LogP contribution in [0.3, 0.4) is 0 Å². The Hall–Kier alpha value is -1.14. The van der Waals surface area contributed by atoms with Gasteiger partial charge in [-0.25, -0.2) is 4.39 Å². The van der Waals surface area contributed by atoms with Crippen LogP contribution < -0.4 is 5.73 Å². The van der Waals surface area contributed by atoms with E-state index in [-0.39, 0.29) is 11.6 Å². The molecule has 0 spiro atoms. The third kappa shape index (κ3) is 2.81. The van der Waals surface area contributed by atoms with E-state index in [2.05, 4.69) is 41.7 Å². The lowest BCUT2D eigenvalue weighted by atomic mass is 10.1. The van der Waals surface area contributed by atoms with Crippen molar-refractivity contribution in [2.75, 3.05) is 25.9 Å². The summed E-state index contributed by atoms with van der Waals surface area (Å²) in [4.78, 5) is 16.6. The first-order chi connectivity index (χ1) is 9.31. The third-order valence-corrected chi connectivity index (χ3v) is 4.62. The van der Waals surface area contributed by atoms with Crippen molar-refractivity contribution in [3.8, 4) is 0 Å². The van der Waals surface area contributed by atoms with Crippen LogP contribution in [0.25, 0.3) is 0 Å². The maximum absolute atomic E-state index is 13.4. The van der Waals surface area contributed by atoms with Crippen molar-refractivity contribution in [2.24, 2.45) is 0 Å². The van der Waals surface area contributed by atoms with Crippen molar-refractivity contribution < 1.29 is 9.18 Å². The van der Waals surface area contributed by atoms with Gasteiger partial charge in [-0.05, 0) is 49.0 Å². The Morgan fingerprint density at radius 3 is 2.45 bits per heavy atom. The van der Waals surface area contributed by atoms with Crippen LogP contribution in [0, 0.1) is 5.82 Å². The van der Waals surface area contributed by atoms with Gasteiger partial charge in [-0.2, -0.15) is 0 Å². The minimum absolute atomic E-state index is 0.00762. The largest absolute Gasteiger partial charge is 0.396 e. The molecule has 1 saturated heterocycles. The molecule has 1 aliphatic rings. The zero-order chi connectivity index (χ0) is 15.0. The van der Waals surface area contributed by atoms with Gasteiger partial charge in [0.25, 0.3) is 5.91 Å². The van der Waals surface area contributed by atoms with Gasteiger partial charge in [0.15, 0.2) is 0 Å². The third-order valence-electron chi connectivity index (χ3n) is 3.96. The molecule has 110 valence electrons. The maximum atomic E-state index is 13.4. The van der Waals surface area contributed by atoms with E-state index in [1.165, 1.54) is 12.1 Å². The Balaban J connectivity index is 2.26. The number of hydrogen-bond donors (Lipinski definition) is 1. The molecule has 2 rings (SSSR count). The monoisotopic (exact) mass is 343 g/mol. The van der Waals surface area contributed by atoms with Gasteiger partial charge < -0.3 is 10.6 Å². The number of amides is 1. The first-order valence-corrected chi connectivity index (χ1v) is 7.36. The molecule has 4 nitrogen and oxygen atoms in total. The summed E-state index contributed by atoms with van der Waals surface area (Å²) in [6.45, 7) is 5.49. The van der Waals surface area contributed by atoms with Crippen molar-refractivity contribution >= 4 is 27.5 Å². The molecule has 1 fully saturated rings. The van der Waals surface area contributed by atoms with E-state index in [0.717, 1.165) is 0 Å². The van der Waals surface area contributed by atoms with Gasteiger partial charge in [-0.15, -0.1) is 0 Å². The van der Waals surface area contributed by atoms with Crippen LogP contribution in [0.2, 0.25) is 0 Å². The summed E-state index contributed by atoms with van der Waals surface area (Å²) < 4.78 is 13.8. The fourth-order valence-corrected chi connectivity index (χ4v) is 2.96. The van der Waals surface area contributed by atoms with Crippen molar-refractivity contribution in [2.45, 2.75) is 25.9 Å². The summed E-state index contributed by atoms with van der Waals surface area (Å²) in [6, 6.07) is 3.22. The average molecular weight is 344 g/mol. The Labute approximate surface area is 126 Å². The first kappa shape index (κ1) is 15.3. The summed E-state index contributed by atoms with van der Waals surface area (Å²) in [5.74, 6) is -0.635. The predicted octanol–water partition coefficient (Wildman–Crippen LogP) is 2.34. The molecule has 2 atom stereocenters. The molecule has 1 amide bonds. The number of piperazine rings is 1. The molecule has 6 heteroatoms. The van der Waals surface area contributed by atoms with Gasteiger partial charge in [0.2, 0.25) is 0 Å². The Kier molecular flexibility index (Phi) is 4.34. The SMILES string of the molecule is CC1CN(C(=O)c2cc(N)c(F)cc2Br)CC(C)N1C. The maximum Gasteiger partial charge on any atom is 0.255 e. The molecule has 20 heavy (non-hydrogen) atoms. The summed E-state index contributed by atoms with van der Waals surface area (Å²) >= 11 is 3.24. The summed E-state index contributed by atoms with van der Waals surface area (Å²) in [7, 11) is 2.06. The van der Waals surface area contributed by atoms with Crippen molar-refractivity contribution in [3.63, 3.8) is 0 Å². The topological polar surface area (TPSA) is 49.6 Å². The quantitative estimate of drug-likeness (QED) is 0.796. The molecule has 0 radical (unpaired) electrons. The Morgan fingerprint density at radius 2 is 1.90 bits per heavy atom. The number of hydrogen-bond acceptors (Lipinski definition) is 3. The highest BCUT2D eigenvalue weighted by atomic mass is 79.9. The van der Waals surface area contributed by atoms with Crippen LogP contribution in [0.15, 0.2) is 16.6 Å². The molecule has 0 aliphatic carbocycles. The Bertz CT molecular complexity index is 525. The standard InChI is InChI=1S/C14H19BrFN3O/c1-8-6-19(7-9(2)18(8)3)14(20)10-4-13(17)12(16)5-11(10)15/h4-5,8-9H,6-7,17H2,1-3H3. The number of benzene rings is 1. The summed E-state index contributed by atoms with van der Waals surface area (Å²) in [6.07, 6.45) is 0. The lowest BCUT2D eigenvalue weighted by Crippen LogP contribution is -2.56.